The van der Waals surface area contributed by atoms with E-state index >= 15 is 0 Å². The highest BCUT2D eigenvalue weighted by Gasteiger charge is 2.40. The molecule has 0 radical (unpaired) electrons. The van der Waals surface area contributed by atoms with Crippen molar-refractivity contribution in [2.45, 2.75) is 38.6 Å². The van der Waals surface area contributed by atoms with E-state index in [0.717, 1.165) is 18.6 Å². The predicted octanol–water partition coefficient (Wildman–Crippen LogP) is 2.28. The number of carbonyl (C=O) groups is 1. The van der Waals surface area contributed by atoms with E-state index in [-0.39, 0.29) is 11.9 Å². The van der Waals surface area contributed by atoms with Crippen LogP contribution in [0.25, 0.3) is 0 Å². The third-order valence-corrected chi connectivity index (χ3v) is 5.52. The molecule has 0 heterocycles. The minimum Gasteiger partial charge on any atom is -0.349 e. The highest BCUT2D eigenvalue weighted by atomic mass is 32.2. The van der Waals surface area contributed by atoms with Gasteiger partial charge in [0.15, 0.2) is 0 Å². The van der Waals surface area contributed by atoms with Crippen molar-refractivity contribution in [3.8, 4) is 0 Å². The molecular formula is C16H22N2O3S. The Bertz CT molecular complexity index is 699. The van der Waals surface area contributed by atoms with Gasteiger partial charge in [0.2, 0.25) is 10.0 Å². The van der Waals surface area contributed by atoms with Gasteiger partial charge in [0, 0.05) is 11.6 Å². The van der Waals surface area contributed by atoms with Crippen molar-refractivity contribution in [3.05, 3.63) is 29.3 Å². The van der Waals surface area contributed by atoms with E-state index in [1.54, 1.807) is 25.1 Å². The number of benzene rings is 1. The zero-order valence-corrected chi connectivity index (χ0v) is 13.7. The largest absolute Gasteiger partial charge is 0.349 e. The molecule has 1 aromatic carbocycles. The molecule has 2 saturated carbocycles. The van der Waals surface area contributed by atoms with E-state index < -0.39 is 10.0 Å². The summed E-state index contributed by atoms with van der Waals surface area (Å²) < 4.78 is 25.2. The van der Waals surface area contributed by atoms with Crippen molar-refractivity contribution in [1.29, 1.82) is 0 Å². The first-order valence-corrected chi connectivity index (χ1v) is 9.61. The Morgan fingerprint density at radius 2 is 2.00 bits per heavy atom. The maximum Gasteiger partial charge on any atom is 0.251 e. The number of rotatable bonds is 4. The quantitative estimate of drug-likeness (QED) is 0.893. The van der Waals surface area contributed by atoms with Gasteiger partial charge in [0.1, 0.15) is 0 Å². The van der Waals surface area contributed by atoms with Gasteiger partial charge in [-0.2, -0.15) is 0 Å². The smallest absolute Gasteiger partial charge is 0.251 e. The van der Waals surface area contributed by atoms with Crippen LogP contribution < -0.4 is 10.0 Å². The standard InChI is InChI=1S/C16H22N2O3S/c1-10-13(4-3-5-14(10)18-22(2,20)21)16(19)17-15-9-11-6-7-12(15)8-11/h3-5,11-12,15,18H,6-9H2,1-2H3,(H,17,19)/t11-,12-,15+/m1/s1. The summed E-state index contributed by atoms with van der Waals surface area (Å²) in [6.45, 7) is 1.77. The molecule has 2 fully saturated rings. The van der Waals surface area contributed by atoms with Gasteiger partial charge in [-0.3, -0.25) is 9.52 Å². The van der Waals surface area contributed by atoms with Crippen LogP contribution in [-0.2, 0) is 10.0 Å². The lowest BCUT2D eigenvalue weighted by Crippen LogP contribution is -2.38. The summed E-state index contributed by atoms with van der Waals surface area (Å²) in [4.78, 5) is 12.5. The van der Waals surface area contributed by atoms with Crippen LogP contribution >= 0.6 is 0 Å². The van der Waals surface area contributed by atoms with E-state index in [4.69, 9.17) is 0 Å². The summed E-state index contributed by atoms with van der Waals surface area (Å²) >= 11 is 0. The molecule has 5 nitrogen and oxygen atoms in total. The molecular weight excluding hydrogens is 300 g/mol. The summed E-state index contributed by atoms with van der Waals surface area (Å²) in [5.74, 6) is 1.29. The molecule has 120 valence electrons. The van der Waals surface area contributed by atoms with Crippen LogP contribution in [0.4, 0.5) is 5.69 Å². The molecule has 2 aliphatic carbocycles. The monoisotopic (exact) mass is 322 g/mol. The fraction of sp³-hybridized carbons (Fsp3) is 0.562. The number of fused-ring (bicyclic) bond motifs is 2. The second kappa shape index (κ2) is 5.57. The second-order valence-electron chi connectivity index (χ2n) is 6.61. The molecule has 1 aromatic rings. The third kappa shape index (κ3) is 3.11. The lowest BCUT2D eigenvalue weighted by Gasteiger charge is -2.23. The van der Waals surface area contributed by atoms with Crippen LogP contribution in [0.15, 0.2) is 18.2 Å². The molecule has 2 N–H and O–H groups in total. The number of carbonyl (C=O) groups excluding carboxylic acids is 1. The third-order valence-electron chi connectivity index (χ3n) is 4.93. The molecule has 2 bridgehead atoms. The molecule has 3 rings (SSSR count). The number of anilines is 1. The Kier molecular flexibility index (Phi) is 3.89. The number of sulfonamides is 1. The Labute approximate surface area is 131 Å². The minimum absolute atomic E-state index is 0.104. The van der Waals surface area contributed by atoms with Gasteiger partial charge >= 0.3 is 0 Å². The zero-order valence-electron chi connectivity index (χ0n) is 12.9. The van der Waals surface area contributed by atoms with Gasteiger partial charge < -0.3 is 5.32 Å². The average molecular weight is 322 g/mol. The van der Waals surface area contributed by atoms with Crippen molar-refractivity contribution >= 4 is 21.6 Å². The van der Waals surface area contributed by atoms with Gasteiger partial charge in [-0.25, -0.2) is 8.42 Å². The molecule has 2 aliphatic rings. The summed E-state index contributed by atoms with van der Waals surface area (Å²) in [5, 5.41) is 3.14. The Morgan fingerprint density at radius 1 is 1.23 bits per heavy atom. The van der Waals surface area contributed by atoms with Crippen LogP contribution in [0.5, 0.6) is 0 Å². The van der Waals surface area contributed by atoms with Gasteiger partial charge in [0.05, 0.1) is 11.9 Å². The first-order valence-electron chi connectivity index (χ1n) is 7.72. The van der Waals surface area contributed by atoms with Crippen LogP contribution in [-0.4, -0.2) is 26.6 Å². The average Bonchev–Trinajstić information content (AvgIpc) is 3.02. The van der Waals surface area contributed by atoms with Crippen molar-refractivity contribution in [1.82, 2.24) is 5.32 Å². The molecule has 0 saturated heterocycles. The van der Waals surface area contributed by atoms with E-state index in [2.05, 4.69) is 10.0 Å². The minimum atomic E-state index is -3.35. The Balaban J connectivity index is 1.76. The molecule has 0 spiro atoms. The van der Waals surface area contributed by atoms with E-state index in [9.17, 15) is 13.2 Å². The lowest BCUT2D eigenvalue weighted by atomic mass is 9.95. The highest BCUT2D eigenvalue weighted by molar-refractivity contribution is 7.92. The Hall–Kier alpha value is -1.56. The van der Waals surface area contributed by atoms with Crippen molar-refractivity contribution < 1.29 is 13.2 Å². The molecule has 0 aromatic heterocycles. The maximum atomic E-state index is 12.5. The highest BCUT2D eigenvalue weighted by Crippen LogP contribution is 2.44. The number of hydrogen-bond acceptors (Lipinski definition) is 3. The first-order chi connectivity index (χ1) is 10.3. The number of hydrogen-bond donors (Lipinski definition) is 2. The van der Waals surface area contributed by atoms with Gasteiger partial charge in [-0.05, 0) is 55.7 Å². The molecule has 0 unspecified atom stereocenters. The number of amides is 1. The Morgan fingerprint density at radius 3 is 2.59 bits per heavy atom. The molecule has 3 atom stereocenters. The summed E-state index contributed by atoms with van der Waals surface area (Å²) in [5.41, 5.74) is 1.66. The van der Waals surface area contributed by atoms with Gasteiger partial charge in [-0.1, -0.05) is 12.5 Å². The molecule has 22 heavy (non-hydrogen) atoms. The van der Waals surface area contributed by atoms with Crippen LogP contribution in [0.3, 0.4) is 0 Å². The van der Waals surface area contributed by atoms with E-state index in [0.29, 0.717) is 22.7 Å². The molecule has 0 aliphatic heterocycles. The fourth-order valence-corrected chi connectivity index (χ4v) is 4.48. The SMILES string of the molecule is Cc1c(NS(C)(=O)=O)cccc1C(=O)N[C@H]1C[C@@H]2CC[C@@H]1C2. The second-order valence-corrected chi connectivity index (χ2v) is 8.36. The summed E-state index contributed by atoms with van der Waals surface area (Å²) in [7, 11) is -3.35. The first kappa shape index (κ1) is 15.3. The van der Waals surface area contributed by atoms with Crippen molar-refractivity contribution in [2.75, 3.05) is 11.0 Å². The van der Waals surface area contributed by atoms with Crippen LogP contribution in [0, 0.1) is 18.8 Å². The maximum absolute atomic E-state index is 12.5. The number of nitrogens with one attached hydrogen (secondary N) is 2. The van der Waals surface area contributed by atoms with Gasteiger partial charge in [-0.15, -0.1) is 0 Å². The van der Waals surface area contributed by atoms with Crippen molar-refractivity contribution in [2.24, 2.45) is 11.8 Å². The van der Waals surface area contributed by atoms with E-state index in [1.165, 1.54) is 19.3 Å². The molecule has 6 heteroatoms. The topological polar surface area (TPSA) is 75.3 Å². The lowest BCUT2D eigenvalue weighted by molar-refractivity contribution is 0.0922. The summed E-state index contributed by atoms with van der Waals surface area (Å²) in [6.07, 6.45) is 5.93. The van der Waals surface area contributed by atoms with Crippen molar-refractivity contribution in [3.63, 3.8) is 0 Å². The van der Waals surface area contributed by atoms with Gasteiger partial charge in [0.25, 0.3) is 5.91 Å². The van der Waals surface area contributed by atoms with Crippen LogP contribution in [0.1, 0.15) is 41.6 Å². The normalized spacial score (nSPS) is 26.9. The summed E-state index contributed by atoms with van der Waals surface area (Å²) in [6, 6.07) is 5.39. The molecule has 1 amide bonds. The zero-order chi connectivity index (χ0) is 15.9. The fourth-order valence-electron chi connectivity index (χ4n) is 3.86. The predicted molar refractivity (Wildman–Crippen MR) is 86.3 cm³/mol. The van der Waals surface area contributed by atoms with E-state index in [1.807, 2.05) is 0 Å². The van der Waals surface area contributed by atoms with Crippen LogP contribution in [0.2, 0.25) is 0 Å².